The van der Waals surface area contributed by atoms with Gasteiger partial charge in [0.25, 0.3) is 5.56 Å². The van der Waals surface area contributed by atoms with Crippen LogP contribution < -0.4 is 5.56 Å². The molecule has 0 saturated heterocycles. The van der Waals surface area contributed by atoms with Crippen molar-refractivity contribution in [1.82, 2.24) is 4.98 Å². The van der Waals surface area contributed by atoms with Gasteiger partial charge in [0.1, 0.15) is 4.70 Å². The van der Waals surface area contributed by atoms with Crippen LogP contribution >= 0.6 is 28.3 Å². The largest absolute Gasteiger partial charge is 0.321 e. The van der Waals surface area contributed by atoms with E-state index in [0.717, 1.165) is 21.0 Å². The van der Waals surface area contributed by atoms with Crippen LogP contribution in [0, 0.1) is 6.92 Å². The van der Waals surface area contributed by atoms with Crippen LogP contribution in [0.1, 0.15) is 5.56 Å². The van der Waals surface area contributed by atoms with Crippen molar-refractivity contribution >= 4 is 49.3 Å². The number of aromatic amines is 1. The summed E-state index contributed by atoms with van der Waals surface area (Å²) in [5.74, 6) is 0. The van der Waals surface area contributed by atoms with Gasteiger partial charge in [0.15, 0.2) is 0 Å². The number of hydrogen-bond donors (Lipinski definition) is 1. The Hall–Kier alpha value is -1.13. The molecule has 0 aliphatic heterocycles. The Labute approximate surface area is 107 Å². The molecule has 3 aromatic rings. The standard InChI is InChI=1S/C12H9NOS.BrH/c1-7-6-15-11-10(7)8-4-2-3-5-9(8)13-12(11)14;/h2-6H,1H3,(H,13,14);1H. The molecule has 0 radical (unpaired) electrons. The molecule has 3 rings (SSSR count). The van der Waals surface area contributed by atoms with Crippen molar-refractivity contribution in [3.63, 3.8) is 0 Å². The van der Waals surface area contributed by atoms with E-state index in [1.54, 1.807) is 0 Å². The van der Waals surface area contributed by atoms with Gasteiger partial charge in [-0.25, -0.2) is 0 Å². The molecule has 2 heterocycles. The summed E-state index contributed by atoms with van der Waals surface area (Å²) in [7, 11) is 0. The lowest BCUT2D eigenvalue weighted by atomic mass is 10.1. The predicted octanol–water partition coefficient (Wildman–Crippen LogP) is 3.63. The number of aromatic nitrogens is 1. The second kappa shape index (κ2) is 4.03. The van der Waals surface area contributed by atoms with Crippen LogP contribution in [0.4, 0.5) is 0 Å². The lowest BCUT2D eigenvalue weighted by Crippen LogP contribution is -2.04. The number of aryl methyl sites for hydroxylation is 1. The van der Waals surface area contributed by atoms with Gasteiger partial charge in [0, 0.05) is 16.3 Å². The van der Waals surface area contributed by atoms with Gasteiger partial charge in [-0.05, 0) is 23.9 Å². The van der Waals surface area contributed by atoms with E-state index in [-0.39, 0.29) is 22.5 Å². The van der Waals surface area contributed by atoms with Crippen LogP contribution in [0.25, 0.3) is 21.0 Å². The number of benzene rings is 1. The van der Waals surface area contributed by atoms with Crippen LogP contribution in [0.3, 0.4) is 0 Å². The SMILES string of the molecule is Br.Cc1csc2c(=O)[nH]c3ccccc3c12. The first-order valence-electron chi connectivity index (χ1n) is 4.76. The van der Waals surface area contributed by atoms with E-state index in [0.29, 0.717) is 0 Å². The minimum atomic E-state index is 0. The minimum Gasteiger partial charge on any atom is -0.321 e. The van der Waals surface area contributed by atoms with Crippen molar-refractivity contribution in [3.05, 3.63) is 45.6 Å². The van der Waals surface area contributed by atoms with Gasteiger partial charge in [-0.3, -0.25) is 4.79 Å². The molecule has 0 aliphatic rings. The fraction of sp³-hybridized carbons (Fsp3) is 0.0833. The predicted molar refractivity (Wildman–Crippen MR) is 75.0 cm³/mol. The first-order valence-corrected chi connectivity index (χ1v) is 5.64. The lowest BCUT2D eigenvalue weighted by molar-refractivity contribution is 1.35. The van der Waals surface area contributed by atoms with Gasteiger partial charge in [0.2, 0.25) is 0 Å². The Bertz CT molecular complexity index is 714. The number of fused-ring (bicyclic) bond motifs is 3. The molecule has 0 bridgehead atoms. The van der Waals surface area contributed by atoms with Crippen molar-refractivity contribution < 1.29 is 0 Å². The molecule has 2 aromatic heterocycles. The number of thiophene rings is 1. The average Bonchev–Trinajstić information content (AvgIpc) is 2.62. The summed E-state index contributed by atoms with van der Waals surface area (Å²) in [6.45, 7) is 2.05. The molecular weight excluding hydrogens is 286 g/mol. The van der Waals surface area contributed by atoms with Crippen molar-refractivity contribution in [2.75, 3.05) is 0 Å². The van der Waals surface area contributed by atoms with Gasteiger partial charge in [-0.1, -0.05) is 18.2 Å². The van der Waals surface area contributed by atoms with E-state index in [4.69, 9.17) is 0 Å². The number of halogens is 1. The topological polar surface area (TPSA) is 32.9 Å². The number of nitrogens with one attached hydrogen (secondary N) is 1. The van der Waals surface area contributed by atoms with Crippen molar-refractivity contribution in [2.45, 2.75) is 6.92 Å². The molecule has 16 heavy (non-hydrogen) atoms. The number of H-pyrrole nitrogens is 1. The lowest BCUT2D eigenvalue weighted by Gasteiger charge is -1.99. The summed E-state index contributed by atoms with van der Waals surface area (Å²) in [6.07, 6.45) is 0. The molecule has 1 aromatic carbocycles. The zero-order chi connectivity index (χ0) is 10.4. The maximum absolute atomic E-state index is 11.8. The highest BCUT2D eigenvalue weighted by molar-refractivity contribution is 8.93. The minimum absolute atomic E-state index is 0. The third-order valence-electron chi connectivity index (χ3n) is 2.63. The summed E-state index contributed by atoms with van der Waals surface area (Å²) in [5, 5.41) is 4.26. The molecule has 1 N–H and O–H groups in total. The number of para-hydroxylation sites is 1. The quantitative estimate of drug-likeness (QED) is 0.675. The molecule has 0 spiro atoms. The van der Waals surface area contributed by atoms with Crippen LogP contribution in [-0.4, -0.2) is 4.98 Å². The maximum atomic E-state index is 11.8. The first kappa shape index (κ1) is 11.4. The van der Waals surface area contributed by atoms with Gasteiger partial charge in [-0.2, -0.15) is 0 Å². The molecule has 0 atom stereocenters. The Morgan fingerprint density at radius 3 is 2.81 bits per heavy atom. The third kappa shape index (κ3) is 1.49. The molecular formula is C12H10BrNOS. The number of rotatable bonds is 0. The highest BCUT2D eigenvalue weighted by atomic mass is 79.9. The highest BCUT2D eigenvalue weighted by Gasteiger charge is 2.08. The summed E-state index contributed by atoms with van der Waals surface area (Å²) in [4.78, 5) is 14.7. The van der Waals surface area contributed by atoms with Gasteiger partial charge in [0.05, 0.1) is 0 Å². The second-order valence-electron chi connectivity index (χ2n) is 3.62. The summed E-state index contributed by atoms with van der Waals surface area (Å²) in [6, 6.07) is 7.92. The summed E-state index contributed by atoms with van der Waals surface area (Å²) < 4.78 is 0.825. The smallest absolute Gasteiger partial charge is 0.266 e. The van der Waals surface area contributed by atoms with E-state index >= 15 is 0 Å². The summed E-state index contributed by atoms with van der Waals surface area (Å²) in [5.41, 5.74) is 2.11. The van der Waals surface area contributed by atoms with E-state index in [1.165, 1.54) is 16.9 Å². The molecule has 2 nitrogen and oxygen atoms in total. The number of pyridine rings is 1. The van der Waals surface area contributed by atoms with Crippen LogP contribution in [0.5, 0.6) is 0 Å². The van der Waals surface area contributed by atoms with Crippen molar-refractivity contribution in [1.29, 1.82) is 0 Å². The van der Waals surface area contributed by atoms with Crippen LogP contribution in [0.2, 0.25) is 0 Å². The van der Waals surface area contributed by atoms with E-state index < -0.39 is 0 Å². The van der Waals surface area contributed by atoms with Gasteiger partial charge < -0.3 is 4.98 Å². The Kier molecular flexibility index (Phi) is 2.86. The second-order valence-corrected chi connectivity index (χ2v) is 4.50. The van der Waals surface area contributed by atoms with E-state index in [1.807, 2.05) is 36.6 Å². The molecule has 0 amide bonds. The molecule has 4 heteroatoms. The highest BCUT2D eigenvalue weighted by Crippen LogP contribution is 2.28. The molecule has 0 aliphatic carbocycles. The van der Waals surface area contributed by atoms with Gasteiger partial charge >= 0.3 is 0 Å². The molecule has 0 fully saturated rings. The zero-order valence-corrected chi connectivity index (χ0v) is 11.1. The average molecular weight is 296 g/mol. The Morgan fingerprint density at radius 1 is 1.25 bits per heavy atom. The Balaban J connectivity index is 0.000000963. The maximum Gasteiger partial charge on any atom is 0.266 e. The third-order valence-corrected chi connectivity index (χ3v) is 3.72. The van der Waals surface area contributed by atoms with E-state index in [9.17, 15) is 4.79 Å². The number of hydrogen-bond acceptors (Lipinski definition) is 2. The van der Waals surface area contributed by atoms with Crippen molar-refractivity contribution in [2.24, 2.45) is 0 Å². The monoisotopic (exact) mass is 295 g/mol. The normalized spacial score (nSPS) is 10.6. The first-order chi connectivity index (χ1) is 7.27. The van der Waals surface area contributed by atoms with Crippen molar-refractivity contribution in [3.8, 4) is 0 Å². The molecule has 0 saturated carbocycles. The van der Waals surface area contributed by atoms with Gasteiger partial charge in [-0.15, -0.1) is 28.3 Å². The summed E-state index contributed by atoms with van der Waals surface area (Å²) >= 11 is 1.51. The van der Waals surface area contributed by atoms with Crippen LogP contribution in [-0.2, 0) is 0 Å². The van der Waals surface area contributed by atoms with Crippen LogP contribution in [0.15, 0.2) is 34.4 Å². The fourth-order valence-corrected chi connectivity index (χ4v) is 2.89. The zero-order valence-electron chi connectivity index (χ0n) is 8.61. The molecule has 0 unspecified atom stereocenters. The fourth-order valence-electron chi connectivity index (χ4n) is 1.94. The molecule has 82 valence electrons. The van der Waals surface area contributed by atoms with E-state index in [2.05, 4.69) is 4.98 Å². The Morgan fingerprint density at radius 2 is 2.00 bits per heavy atom.